The minimum Gasteiger partial charge on any atom is -0.492 e. The zero-order valence-corrected chi connectivity index (χ0v) is 16.9. The fraction of sp³-hybridized carbons (Fsp3) is 0.250. The number of ether oxygens (including phenoxy) is 1. The van der Waals surface area contributed by atoms with Gasteiger partial charge in [0.05, 0.1) is 12.2 Å². The van der Waals surface area contributed by atoms with Crippen LogP contribution in [0, 0.1) is 5.92 Å². The van der Waals surface area contributed by atoms with Gasteiger partial charge in [0.2, 0.25) is 0 Å². The second-order valence-electron chi connectivity index (χ2n) is 7.53. The molecular formula is C24H26N4O. The molecule has 0 aliphatic heterocycles. The average molecular weight is 386 g/mol. The first-order valence-electron chi connectivity index (χ1n) is 10.0. The molecule has 2 aromatic heterocycles. The molecule has 4 rings (SSSR count). The van der Waals surface area contributed by atoms with E-state index >= 15 is 0 Å². The van der Waals surface area contributed by atoms with Crippen molar-refractivity contribution >= 4 is 11.5 Å². The Morgan fingerprint density at radius 1 is 1.00 bits per heavy atom. The normalized spacial score (nSPS) is 11.1. The Morgan fingerprint density at radius 2 is 1.79 bits per heavy atom. The fourth-order valence-electron chi connectivity index (χ4n) is 3.27. The Kier molecular flexibility index (Phi) is 5.75. The summed E-state index contributed by atoms with van der Waals surface area (Å²) in [6.45, 7) is 5.72. The van der Waals surface area contributed by atoms with Crippen LogP contribution in [0.1, 0.15) is 19.4 Å². The highest BCUT2D eigenvalue weighted by atomic mass is 16.5. The molecule has 0 amide bonds. The second-order valence-corrected chi connectivity index (χ2v) is 7.53. The predicted molar refractivity (Wildman–Crippen MR) is 117 cm³/mol. The first-order valence-corrected chi connectivity index (χ1v) is 10.0. The molecule has 0 fully saturated rings. The Bertz CT molecular complexity index is 1060. The van der Waals surface area contributed by atoms with Crippen LogP contribution in [0.15, 0.2) is 72.9 Å². The molecule has 29 heavy (non-hydrogen) atoms. The van der Waals surface area contributed by atoms with E-state index in [-0.39, 0.29) is 0 Å². The molecule has 148 valence electrons. The minimum atomic E-state index is 0.574. The maximum atomic E-state index is 5.70. The molecule has 0 radical (unpaired) electrons. The largest absolute Gasteiger partial charge is 0.492 e. The summed E-state index contributed by atoms with van der Waals surface area (Å²) < 4.78 is 7.51. The van der Waals surface area contributed by atoms with Gasteiger partial charge in [0.15, 0.2) is 5.65 Å². The summed E-state index contributed by atoms with van der Waals surface area (Å²) in [4.78, 5) is 4.66. The van der Waals surface area contributed by atoms with Gasteiger partial charge in [-0.15, -0.1) is 0 Å². The monoisotopic (exact) mass is 386 g/mol. The summed E-state index contributed by atoms with van der Waals surface area (Å²) in [5.41, 5.74) is 4.21. The summed E-state index contributed by atoms with van der Waals surface area (Å²) in [6.07, 6.45) is 3.02. The van der Waals surface area contributed by atoms with Gasteiger partial charge >= 0.3 is 0 Å². The van der Waals surface area contributed by atoms with E-state index in [2.05, 4.69) is 53.5 Å². The van der Waals surface area contributed by atoms with E-state index in [1.54, 1.807) is 0 Å². The molecule has 5 nitrogen and oxygen atoms in total. The maximum Gasteiger partial charge on any atom is 0.157 e. The maximum absolute atomic E-state index is 5.70. The van der Waals surface area contributed by atoms with Gasteiger partial charge in [0.1, 0.15) is 18.2 Å². The molecule has 4 aromatic rings. The summed E-state index contributed by atoms with van der Waals surface area (Å²) in [5.74, 6) is 2.34. The highest BCUT2D eigenvalue weighted by Gasteiger charge is 2.07. The minimum absolute atomic E-state index is 0.574. The number of nitrogens with one attached hydrogen (secondary N) is 1. The average Bonchev–Trinajstić information content (AvgIpc) is 3.15. The van der Waals surface area contributed by atoms with Gasteiger partial charge in [-0.1, -0.05) is 56.3 Å². The summed E-state index contributed by atoms with van der Waals surface area (Å²) in [7, 11) is 0. The molecule has 0 saturated heterocycles. The number of hydrogen-bond donors (Lipinski definition) is 1. The number of fused-ring (bicyclic) bond motifs is 1. The van der Waals surface area contributed by atoms with Gasteiger partial charge in [-0.05, 0) is 36.1 Å². The van der Waals surface area contributed by atoms with Gasteiger partial charge in [-0.25, -0.2) is 9.50 Å². The van der Waals surface area contributed by atoms with E-state index in [1.165, 1.54) is 5.56 Å². The van der Waals surface area contributed by atoms with E-state index in [0.717, 1.165) is 34.9 Å². The first-order chi connectivity index (χ1) is 14.2. The third-order valence-corrected chi connectivity index (χ3v) is 4.64. The van der Waals surface area contributed by atoms with Gasteiger partial charge in [0.25, 0.3) is 0 Å². The second kappa shape index (κ2) is 8.78. The van der Waals surface area contributed by atoms with Crippen LogP contribution < -0.4 is 10.1 Å². The molecule has 0 aliphatic rings. The molecule has 0 spiro atoms. The van der Waals surface area contributed by atoms with Crippen molar-refractivity contribution in [1.29, 1.82) is 0 Å². The number of rotatable bonds is 8. The van der Waals surface area contributed by atoms with E-state index in [0.29, 0.717) is 19.1 Å². The number of para-hydroxylation sites is 1. The van der Waals surface area contributed by atoms with Crippen molar-refractivity contribution < 1.29 is 4.74 Å². The number of nitrogens with zero attached hydrogens (tertiary/aromatic N) is 3. The Balaban J connectivity index is 1.39. The Morgan fingerprint density at radius 3 is 2.55 bits per heavy atom. The first kappa shape index (κ1) is 19.0. The van der Waals surface area contributed by atoms with Crippen LogP contribution in [0.5, 0.6) is 5.75 Å². The predicted octanol–water partition coefficient (Wildman–Crippen LogP) is 5.09. The Labute approximate surface area is 171 Å². The van der Waals surface area contributed by atoms with E-state index < -0.39 is 0 Å². The standard InChI is InChI=1S/C24H26N4O/c1-18(2)16-19-8-10-20(11-9-19)22-17-24-26-23(12-14-28(24)27-22)25-13-15-29-21-6-4-3-5-7-21/h3-12,14,17-18H,13,15-16H2,1-2H3,(H,25,26). The molecular weight excluding hydrogens is 360 g/mol. The van der Waals surface area contributed by atoms with E-state index in [4.69, 9.17) is 4.74 Å². The van der Waals surface area contributed by atoms with Crippen LogP contribution in [0.25, 0.3) is 16.9 Å². The van der Waals surface area contributed by atoms with Crippen molar-refractivity contribution in [2.75, 3.05) is 18.5 Å². The molecule has 0 saturated carbocycles. The quantitative estimate of drug-likeness (QED) is 0.429. The van der Waals surface area contributed by atoms with Crippen molar-refractivity contribution in [3.05, 3.63) is 78.5 Å². The molecule has 5 heteroatoms. The van der Waals surface area contributed by atoms with Crippen molar-refractivity contribution in [1.82, 2.24) is 14.6 Å². The van der Waals surface area contributed by atoms with Crippen LogP contribution in [0.4, 0.5) is 5.82 Å². The van der Waals surface area contributed by atoms with Crippen molar-refractivity contribution in [2.24, 2.45) is 5.92 Å². The van der Waals surface area contributed by atoms with Crippen molar-refractivity contribution in [3.8, 4) is 17.0 Å². The van der Waals surface area contributed by atoms with Gasteiger partial charge < -0.3 is 10.1 Å². The lowest BCUT2D eigenvalue weighted by molar-refractivity contribution is 0.333. The Hall–Kier alpha value is -3.34. The van der Waals surface area contributed by atoms with Gasteiger partial charge in [0, 0.05) is 17.8 Å². The lowest BCUT2D eigenvalue weighted by Crippen LogP contribution is -2.12. The summed E-state index contributed by atoms with van der Waals surface area (Å²) >= 11 is 0. The number of benzene rings is 2. The summed E-state index contributed by atoms with van der Waals surface area (Å²) in [6, 6.07) is 22.4. The molecule has 0 aliphatic carbocycles. The highest BCUT2D eigenvalue weighted by molar-refractivity contribution is 5.65. The molecule has 1 N–H and O–H groups in total. The third-order valence-electron chi connectivity index (χ3n) is 4.64. The van der Waals surface area contributed by atoms with Crippen LogP contribution in [0.2, 0.25) is 0 Å². The third kappa shape index (κ3) is 4.93. The van der Waals surface area contributed by atoms with Crippen LogP contribution in [0.3, 0.4) is 0 Å². The van der Waals surface area contributed by atoms with Gasteiger partial charge in [-0.2, -0.15) is 5.10 Å². The molecule has 0 bridgehead atoms. The van der Waals surface area contributed by atoms with Crippen molar-refractivity contribution in [3.63, 3.8) is 0 Å². The van der Waals surface area contributed by atoms with Crippen molar-refractivity contribution in [2.45, 2.75) is 20.3 Å². The lowest BCUT2D eigenvalue weighted by atomic mass is 10.0. The summed E-state index contributed by atoms with van der Waals surface area (Å²) in [5, 5.41) is 7.96. The van der Waals surface area contributed by atoms with Gasteiger partial charge in [-0.3, -0.25) is 0 Å². The smallest absolute Gasteiger partial charge is 0.157 e. The van der Waals surface area contributed by atoms with Crippen LogP contribution in [-0.4, -0.2) is 27.7 Å². The van der Waals surface area contributed by atoms with Crippen LogP contribution in [-0.2, 0) is 6.42 Å². The SMILES string of the molecule is CC(C)Cc1ccc(-c2cc3nc(NCCOc4ccccc4)ccn3n2)cc1. The van der Waals surface area contributed by atoms with E-state index in [9.17, 15) is 0 Å². The zero-order valence-electron chi connectivity index (χ0n) is 16.9. The van der Waals surface area contributed by atoms with E-state index in [1.807, 2.05) is 53.2 Å². The lowest BCUT2D eigenvalue weighted by Gasteiger charge is -2.08. The molecule has 2 aromatic carbocycles. The molecule has 0 unspecified atom stereocenters. The number of hydrogen-bond acceptors (Lipinski definition) is 4. The highest BCUT2D eigenvalue weighted by Crippen LogP contribution is 2.21. The topological polar surface area (TPSA) is 51.5 Å². The molecule has 0 atom stereocenters. The zero-order chi connectivity index (χ0) is 20.1. The number of aromatic nitrogens is 3. The van der Waals surface area contributed by atoms with Crippen LogP contribution >= 0.6 is 0 Å². The molecule has 2 heterocycles. The number of anilines is 1. The fourth-order valence-corrected chi connectivity index (χ4v) is 3.27.